The molecule has 2 aromatic rings. The lowest BCUT2D eigenvalue weighted by Crippen LogP contribution is -2.32. The van der Waals surface area contributed by atoms with Crippen LogP contribution < -0.4 is 9.47 Å². The molecule has 0 bridgehead atoms. The van der Waals surface area contributed by atoms with E-state index in [4.69, 9.17) is 9.47 Å². The van der Waals surface area contributed by atoms with Gasteiger partial charge >= 0.3 is 0 Å². The molecular weight excluding hydrogens is 366 g/mol. The lowest BCUT2D eigenvalue weighted by Gasteiger charge is -2.26. The molecule has 0 saturated carbocycles. The number of hydrogen-bond acceptors (Lipinski definition) is 7. The molecular formula is C18H23N5O3S. The number of likely N-dealkylation sites (tertiary alicyclic amines) is 1. The van der Waals surface area contributed by atoms with Gasteiger partial charge < -0.3 is 14.4 Å². The van der Waals surface area contributed by atoms with Crippen LogP contribution in [0, 0.1) is 0 Å². The molecule has 0 N–H and O–H groups in total. The number of carbonyl (C=O) groups is 1. The average Bonchev–Trinajstić information content (AvgIpc) is 3.35. The molecule has 8 nitrogen and oxygen atoms in total. The van der Waals surface area contributed by atoms with Crippen LogP contribution in [0.2, 0.25) is 0 Å². The van der Waals surface area contributed by atoms with E-state index in [1.807, 2.05) is 36.9 Å². The summed E-state index contributed by atoms with van der Waals surface area (Å²) in [5.74, 6) is 1.98. The number of nitrogens with zero attached hydrogens (tertiary/aromatic N) is 5. The molecule has 0 radical (unpaired) electrons. The number of rotatable bonds is 5. The van der Waals surface area contributed by atoms with Gasteiger partial charge in [0.1, 0.15) is 13.2 Å². The van der Waals surface area contributed by atoms with E-state index in [1.54, 1.807) is 4.68 Å². The van der Waals surface area contributed by atoms with Crippen LogP contribution in [-0.4, -0.2) is 56.5 Å². The van der Waals surface area contributed by atoms with Crippen LogP contribution in [0.3, 0.4) is 0 Å². The lowest BCUT2D eigenvalue weighted by atomic mass is 10.0. The first kappa shape index (κ1) is 18.1. The summed E-state index contributed by atoms with van der Waals surface area (Å²) in [6, 6.07) is 6.23. The zero-order valence-corrected chi connectivity index (χ0v) is 16.3. The molecule has 0 aliphatic carbocycles. The van der Waals surface area contributed by atoms with Crippen molar-refractivity contribution in [2.24, 2.45) is 0 Å². The highest BCUT2D eigenvalue weighted by molar-refractivity contribution is 7.99. The second kappa shape index (κ2) is 7.75. The van der Waals surface area contributed by atoms with Crippen molar-refractivity contribution >= 4 is 17.7 Å². The van der Waals surface area contributed by atoms with Crippen LogP contribution >= 0.6 is 11.8 Å². The van der Waals surface area contributed by atoms with Crippen LogP contribution in [0.25, 0.3) is 0 Å². The fourth-order valence-electron chi connectivity index (χ4n) is 3.49. The second-order valence-corrected chi connectivity index (χ2v) is 7.88. The molecule has 0 spiro atoms. The molecule has 1 fully saturated rings. The lowest BCUT2D eigenvalue weighted by molar-refractivity contribution is -0.129. The Morgan fingerprint density at radius 3 is 2.93 bits per heavy atom. The number of ether oxygens (including phenoxy) is 2. The molecule has 9 heteroatoms. The molecule has 1 atom stereocenters. The smallest absolute Gasteiger partial charge is 0.233 e. The summed E-state index contributed by atoms with van der Waals surface area (Å²) in [5.41, 5.74) is 1.10. The van der Waals surface area contributed by atoms with Gasteiger partial charge in [-0.05, 0) is 54.8 Å². The van der Waals surface area contributed by atoms with Gasteiger partial charge in [-0.15, -0.1) is 5.10 Å². The van der Waals surface area contributed by atoms with Crippen molar-refractivity contribution < 1.29 is 14.3 Å². The Labute approximate surface area is 162 Å². The number of thioether (sulfide) groups is 1. The van der Waals surface area contributed by atoms with Gasteiger partial charge in [0.25, 0.3) is 0 Å². The van der Waals surface area contributed by atoms with E-state index in [0.29, 0.717) is 24.1 Å². The Bertz CT molecular complexity index is 825. The maximum atomic E-state index is 12.9. The number of benzene rings is 1. The standard InChI is InChI=1S/C18H23N5O3S/c1-12(2)23-18(19-20-21-23)27-11-17(24)22-7-3-4-14(22)13-5-6-15-16(10-13)26-9-8-25-15/h5-6,10,12,14H,3-4,7-9,11H2,1-2H3. The van der Waals surface area contributed by atoms with Crippen molar-refractivity contribution in [3.63, 3.8) is 0 Å². The van der Waals surface area contributed by atoms with Gasteiger partial charge in [-0.1, -0.05) is 17.8 Å². The van der Waals surface area contributed by atoms with E-state index < -0.39 is 0 Å². The van der Waals surface area contributed by atoms with Gasteiger partial charge in [-0.25, -0.2) is 4.68 Å². The molecule has 2 aliphatic heterocycles. The average molecular weight is 389 g/mol. The van der Waals surface area contributed by atoms with Gasteiger partial charge in [0.2, 0.25) is 11.1 Å². The molecule has 1 aromatic heterocycles. The molecule has 1 amide bonds. The first-order chi connectivity index (χ1) is 13.1. The highest BCUT2D eigenvalue weighted by Gasteiger charge is 2.31. The minimum atomic E-state index is 0.0787. The summed E-state index contributed by atoms with van der Waals surface area (Å²) >= 11 is 1.39. The van der Waals surface area contributed by atoms with Gasteiger partial charge in [0, 0.05) is 6.54 Å². The number of aromatic nitrogens is 4. The summed E-state index contributed by atoms with van der Waals surface area (Å²) in [7, 11) is 0. The van der Waals surface area contributed by atoms with Crippen molar-refractivity contribution in [3.8, 4) is 11.5 Å². The maximum absolute atomic E-state index is 12.9. The van der Waals surface area contributed by atoms with Crippen LogP contribution in [0.1, 0.15) is 44.3 Å². The molecule has 1 saturated heterocycles. The molecule has 27 heavy (non-hydrogen) atoms. The predicted molar refractivity (Wildman–Crippen MR) is 100 cm³/mol. The third kappa shape index (κ3) is 3.73. The fraction of sp³-hybridized carbons (Fsp3) is 0.556. The summed E-state index contributed by atoms with van der Waals surface area (Å²) in [6.07, 6.45) is 1.96. The van der Waals surface area contributed by atoms with Gasteiger partial charge in [0.15, 0.2) is 11.5 Å². The van der Waals surface area contributed by atoms with Crippen LogP contribution in [0.4, 0.5) is 0 Å². The third-order valence-electron chi connectivity index (χ3n) is 4.80. The number of fused-ring (bicyclic) bond motifs is 1. The Kier molecular flexibility index (Phi) is 5.20. The topological polar surface area (TPSA) is 82.4 Å². The normalized spacial score (nSPS) is 18.9. The Hall–Kier alpha value is -2.29. The Morgan fingerprint density at radius 1 is 1.30 bits per heavy atom. The molecule has 2 aliphatic rings. The minimum Gasteiger partial charge on any atom is -0.486 e. The number of amides is 1. The van der Waals surface area contributed by atoms with E-state index in [9.17, 15) is 4.79 Å². The summed E-state index contributed by atoms with van der Waals surface area (Å²) in [6.45, 7) is 5.94. The van der Waals surface area contributed by atoms with Crippen molar-refractivity contribution in [1.82, 2.24) is 25.1 Å². The summed E-state index contributed by atoms with van der Waals surface area (Å²) in [4.78, 5) is 14.8. The Balaban J connectivity index is 1.45. The van der Waals surface area contributed by atoms with Crippen molar-refractivity contribution in [2.75, 3.05) is 25.5 Å². The van der Waals surface area contributed by atoms with Crippen molar-refractivity contribution in [3.05, 3.63) is 23.8 Å². The summed E-state index contributed by atoms with van der Waals surface area (Å²) in [5, 5.41) is 12.4. The van der Waals surface area contributed by atoms with Crippen LogP contribution in [-0.2, 0) is 4.79 Å². The van der Waals surface area contributed by atoms with Crippen LogP contribution in [0.5, 0.6) is 11.5 Å². The first-order valence-electron chi connectivity index (χ1n) is 9.23. The third-order valence-corrected chi connectivity index (χ3v) is 5.72. The quantitative estimate of drug-likeness (QED) is 0.727. The SMILES string of the molecule is CC(C)n1nnnc1SCC(=O)N1CCCC1c1ccc2c(c1)OCCO2. The number of carbonyl (C=O) groups excluding carboxylic acids is 1. The molecule has 1 aromatic carbocycles. The van der Waals surface area contributed by atoms with Crippen molar-refractivity contribution in [1.29, 1.82) is 0 Å². The molecule has 1 unspecified atom stereocenters. The first-order valence-corrected chi connectivity index (χ1v) is 10.2. The molecule has 4 rings (SSSR count). The highest BCUT2D eigenvalue weighted by Crippen LogP contribution is 2.38. The minimum absolute atomic E-state index is 0.0787. The number of tetrazole rings is 1. The Morgan fingerprint density at radius 2 is 2.11 bits per heavy atom. The van der Waals surface area contributed by atoms with E-state index in [1.165, 1.54) is 11.8 Å². The van der Waals surface area contributed by atoms with Crippen LogP contribution in [0.15, 0.2) is 23.4 Å². The molecule has 3 heterocycles. The molecule has 144 valence electrons. The summed E-state index contributed by atoms with van der Waals surface area (Å²) < 4.78 is 13.0. The van der Waals surface area contributed by atoms with E-state index in [-0.39, 0.29) is 18.0 Å². The van der Waals surface area contributed by atoms with Crippen molar-refractivity contribution in [2.45, 2.75) is 43.9 Å². The van der Waals surface area contributed by atoms with Gasteiger partial charge in [-0.3, -0.25) is 4.79 Å². The van der Waals surface area contributed by atoms with E-state index >= 15 is 0 Å². The highest BCUT2D eigenvalue weighted by atomic mass is 32.2. The second-order valence-electron chi connectivity index (χ2n) is 6.94. The van der Waals surface area contributed by atoms with E-state index in [0.717, 1.165) is 36.4 Å². The number of hydrogen-bond donors (Lipinski definition) is 0. The largest absolute Gasteiger partial charge is 0.486 e. The van der Waals surface area contributed by atoms with Gasteiger partial charge in [-0.2, -0.15) is 0 Å². The maximum Gasteiger partial charge on any atom is 0.233 e. The van der Waals surface area contributed by atoms with E-state index in [2.05, 4.69) is 15.5 Å². The van der Waals surface area contributed by atoms with Gasteiger partial charge in [0.05, 0.1) is 17.8 Å². The fourth-order valence-corrected chi connectivity index (χ4v) is 4.39. The zero-order chi connectivity index (χ0) is 18.8. The zero-order valence-electron chi connectivity index (χ0n) is 15.5. The monoisotopic (exact) mass is 389 g/mol. The predicted octanol–water partition coefficient (Wildman–Crippen LogP) is 2.48.